The lowest BCUT2D eigenvalue weighted by Gasteiger charge is -2.13. The van der Waals surface area contributed by atoms with Gasteiger partial charge >= 0.3 is 5.97 Å². The molecule has 0 saturated heterocycles. The summed E-state index contributed by atoms with van der Waals surface area (Å²) in [6, 6.07) is 8.36. The van der Waals surface area contributed by atoms with Gasteiger partial charge in [0.05, 0.1) is 13.5 Å². The number of nitrogens with one attached hydrogen (secondary N) is 1. The molecule has 1 aromatic carbocycles. The molecule has 1 atom stereocenters. The number of halogens is 1. The summed E-state index contributed by atoms with van der Waals surface area (Å²) < 4.78 is 5.64. The summed E-state index contributed by atoms with van der Waals surface area (Å²) in [7, 11) is 1.40. The summed E-state index contributed by atoms with van der Waals surface area (Å²) in [5.74, 6) is -0.185. The van der Waals surface area contributed by atoms with Crippen molar-refractivity contribution in [1.82, 2.24) is 5.32 Å². The van der Waals surface area contributed by atoms with E-state index < -0.39 is 0 Å². The Bertz CT molecular complexity index is 337. The predicted octanol–water partition coefficient (Wildman–Crippen LogP) is 2.66. The van der Waals surface area contributed by atoms with Crippen LogP contribution in [-0.4, -0.2) is 19.6 Å². The Hall–Kier alpha value is -0.870. The highest BCUT2D eigenvalue weighted by Crippen LogP contribution is 2.16. The average Bonchev–Trinajstić information content (AvgIpc) is 2.29. The molecule has 0 aromatic heterocycles. The van der Waals surface area contributed by atoms with E-state index >= 15 is 0 Å². The molecule has 0 saturated carbocycles. The van der Waals surface area contributed by atoms with Gasteiger partial charge in [0.1, 0.15) is 0 Å². The van der Waals surface area contributed by atoms with Crippen molar-refractivity contribution >= 4 is 21.9 Å². The zero-order chi connectivity index (χ0) is 12.0. The first kappa shape index (κ1) is 13.2. The lowest BCUT2D eigenvalue weighted by Crippen LogP contribution is -2.22. The molecule has 1 rings (SSSR count). The van der Waals surface area contributed by atoms with Gasteiger partial charge in [0.15, 0.2) is 0 Å². The maximum absolute atomic E-state index is 10.9. The van der Waals surface area contributed by atoms with Gasteiger partial charge < -0.3 is 10.1 Å². The van der Waals surface area contributed by atoms with Gasteiger partial charge in [-0.3, -0.25) is 4.79 Å². The van der Waals surface area contributed by atoms with Crippen LogP contribution in [-0.2, 0) is 9.53 Å². The lowest BCUT2D eigenvalue weighted by molar-refractivity contribution is -0.140. The summed E-state index contributed by atoms with van der Waals surface area (Å²) in [5, 5.41) is 3.27. The Labute approximate surface area is 104 Å². The molecule has 0 bridgehead atoms. The van der Waals surface area contributed by atoms with E-state index in [2.05, 4.69) is 45.0 Å². The normalized spacial score (nSPS) is 12.2. The SMILES string of the molecule is COC(=O)CCN[C@H](C)c1ccc(Br)cc1. The van der Waals surface area contributed by atoms with E-state index in [0.717, 1.165) is 4.47 Å². The number of benzene rings is 1. The van der Waals surface area contributed by atoms with Gasteiger partial charge in [-0.1, -0.05) is 28.1 Å². The fraction of sp³-hybridized carbons (Fsp3) is 0.417. The Morgan fingerprint density at radius 3 is 2.62 bits per heavy atom. The standard InChI is InChI=1S/C12H16BrNO2/c1-9(14-8-7-12(15)16-2)10-3-5-11(13)6-4-10/h3-6,9,14H,7-8H2,1-2H3/t9-/m1/s1. The summed E-state index contributed by atoms with van der Waals surface area (Å²) in [5.41, 5.74) is 1.20. The maximum Gasteiger partial charge on any atom is 0.306 e. The molecule has 1 N–H and O–H groups in total. The molecule has 0 spiro atoms. The molecule has 0 aliphatic carbocycles. The van der Waals surface area contributed by atoms with Crippen molar-refractivity contribution in [3.8, 4) is 0 Å². The van der Waals surface area contributed by atoms with E-state index in [9.17, 15) is 4.79 Å². The zero-order valence-corrected chi connectivity index (χ0v) is 11.1. The molecule has 1 aromatic rings. The van der Waals surface area contributed by atoms with Crippen molar-refractivity contribution in [3.63, 3.8) is 0 Å². The van der Waals surface area contributed by atoms with E-state index in [1.807, 2.05) is 12.1 Å². The van der Waals surface area contributed by atoms with Crippen molar-refractivity contribution in [3.05, 3.63) is 34.3 Å². The number of hydrogen-bond donors (Lipinski definition) is 1. The molecule has 3 nitrogen and oxygen atoms in total. The van der Waals surface area contributed by atoms with Crippen LogP contribution in [0.2, 0.25) is 0 Å². The second kappa shape index (κ2) is 6.66. The summed E-state index contributed by atoms with van der Waals surface area (Å²) in [4.78, 5) is 10.9. The minimum atomic E-state index is -0.185. The average molecular weight is 286 g/mol. The molecular formula is C12H16BrNO2. The van der Waals surface area contributed by atoms with Crippen molar-refractivity contribution in [2.24, 2.45) is 0 Å². The molecule has 0 aliphatic heterocycles. The predicted molar refractivity (Wildman–Crippen MR) is 67.2 cm³/mol. The van der Waals surface area contributed by atoms with Gasteiger partial charge in [0.2, 0.25) is 0 Å². The topological polar surface area (TPSA) is 38.3 Å². The van der Waals surface area contributed by atoms with Gasteiger partial charge in [-0.15, -0.1) is 0 Å². The van der Waals surface area contributed by atoms with E-state index in [0.29, 0.717) is 13.0 Å². The van der Waals surface area contributed by atoms with E-state index in [1.165, 1.54) is 12.7 Å². The van der Waals surface area contributed by atoms with Crippen molar-refractivity contribution in [2.75, 3.05) is 13.7 Å². The van der Waals surface area contributed by atoms with Crippen LogP contribution < -0.4 is 5.32 Å². The van der Waals surface area contributed by atoms with Crippen LogP contribution in [0.5, 0.6) is 0 Å². The van der Waals surface area contributed by atoms with Crippen LogP contribution in [0.1, 0.15) is 24.9 Å². The van der Waals surface area contributed by atoms with Crippen molar-refractivity contribution < 1.29 is 9.53 Å². The zero-order valence-electron chi connectivity index (χ0n) is 9.50. The molecule has 4 heteroatoms. The summed E-state index contributed by atoms with van der Waals surface area (Å²) in [6.45, 7) is 2.70. The minimum absolute atomic E-state index is 0.185. The van der Waals surface area contributed by atoms with Crippen LogP contribution in [0, 0.1) is 0 Å². The van der Waals surface area contributed by atoms with Crippen LogP contribution >= 0.6 is 15.9 Å². The third-order valence-electron chi connectivity index (χ3n) is 2.38. The summed E-state index contributed by atoms with van der Waals surface area (Å²) in [6.07, 6.45) is 0.400. The highest BCUT2D eigenvalue weighted by Gasteiger charge is 2.05. The fourth-order valence-electron chi connectivity index (χ4n) is 1.36. The largest absolute Gasteiger partial charge is 0.469 e. The number of carbonyl (C=O) groups is 1. The van der Waals surface area contributed by atoms with Crippen LogP contribution in [0.3, 0.4) is 0 Å². The second-order valence-electron chi connectivity index (χ2n) is 3.55. The second-order valence-corrected chi connectivity index (χ2v) is 4.47. The number of rotatable bonds is 5. The van der Waals surface area contributed by atoms with Crippen LogP contribution in [0.15, 0.2) is 28.7 Å². The fourth-order valence-corrected chi connectivity index (χ4v) is 1.63. The monoisotopic (exact) mass is 285 g/mol. The number of hydrogen-bond acceptors (Lipinski definition) is 3. The number of carbonyl (C=O) groups excluding carboxylic acids is 1. The Morgan fingerprint density at radius 1 is 1.44 bits per heavy atom. The number of esters is 1. The molecule has 0 heterocycles. The third-order valence-corrected chi connectivity index (χ3v) is 2.91. The first-order valence-electron chi connectivity index (χ1n) is 5.19. The molecule has 16 heavy (non-hydrogen) atoms. The molecule has 0 unspecified atom stereocenters. The van der Waals surface area contributed by atoms with Gasteiger partial charge in [0, 0.05) is 17.1 Å². The Kier molecular flexibility index (Phi) is 5.49. The van der Waals surface area contributed by atoms with E-state index in [-0.39, 0.29) is 12.0 Å². The molecule has 0 amide bonds. The van der Waals surface area contributed by atoms with Gasteiger partial charge in [-0.2, -0.15) is 0 Å². The highest BCUT2D eigenvalue weighted by atomic mass is 79.9. The van der Waals surface area contributed by atoms with Crippen LogP contribution in [0.25, 0.3) is 0 Å². The Morgan fingerprint density at radius 2 is 2.06 bits per heavy atom. The molecule has 0 radical (unpaired) electrons. The first-order valence-corrected chi connectivity index (χ1v) is 5.98. The van der Waals surface area contributed by atoms with Gasteiger partial charge in [0.25, 0.3) is 0 Å². The van der Waals surface area contributed by atoms with E-state index in [1.54, 1.807) is 0 Å². The van der Waals surface area contributed by atoms with Gasteiger partial charge in [-0.25, -0.2) is 0 Å². The van der Waals surface area contributed by atoms with Crippen molar-refractivity contribution in [2.45, 2.75) is 19.4 Å². The van der Waals surface area contributed by atoms with Crippen molar-refractivity contribution in [1.29, 1.82) is 0 Å². The first-order chi connectivity index (χ1) is 7.63. The minimum Gasteiger partial charge on any atom is -0.469 e. The number of ether oxygens (including phenoxy) is 1. The molecule has 88 valence electrons. The van der Waals surface area contributed by atoms with Crippen LogP contribution in [0.4, 0.5) is 0 Å². The van der Waals surface area contributed by atoms with Gasteiger partial charge in [-0.05, 0) is 24.6 Å². The maximum atomic E-state index is 10.9. The lowest BCUT2D eigenvalue weighted by atomic mass is 10.1. The molecular weight excluding hydrogens is 270 g/mol. The number of methoxy groups -OCH3 is 1. The quantitative estimate of drug-likeness (QED) is 0.846. The smallest absolute Gasteiger partial charge is 0.306 e. The van der Waals surface area contributed by atoms with E-state index in [4.69, 9.17) is 0 Å². The summed E-state index contributed by atoms with van der Waals surface area (Å²) >= 11 is 3.39. The molecule has 0 aliphatic rings. The Balaban J connectivity index is 2.37. The molecule has 0 fully saturated rings. The third kappa shape index (κ3) is 4.33. The highest BCUT2D eigenvalue weighted by molar-refractivity contribution is 9.10.